The number of allylic oxidation sites excluding steroid dienone is 7. The van der Waals surface area contributed by atoms with E-state index in [1.807, 2.05) is 6.08 Å². The second-order valence-corrected chi connectivity index (χ2v) is 22.2. The summed E-state index contributed by atoms with van der Waals surface area (Å²) in [6.07, 6.45) is 22.3. The van der Waals surface area contributed by atoms with Crippen molar-refractivity contribution in [1.29, 1.82) is 0 Å². The van der Waals surface area contributed by atoms with Crippen LogP contribution in [0, 0.1) is 0 Å². The Hall–Kier alpha value is -2.25. The number of carbonyl (C=O) groups excluding carboxylic acids is 1. The van der Waals surface area contributed by atoms with E-state index >= 15 is 0 Å². The van der Waals surface area contributed by atoms with Crippen LogP contribution in [0.3, 0.4) is 0 Å². The van der Waals surface area contributed by atoms with E-state index in [1.165, 1.54) is 103 Å². The van der Waals surface area contributed by atoms with Gasteiger partial charge in [-0.25, -0.2) is 0 Å². The van der Waals surface area contributed by atoms with Crippen LogP contribution in [0.2, 0.25) is 0 Å². The van der Waals surface area contributed by atoms with Gasteiger partial charge in [-0.05, 0) is 64.2 Å². The van der Waals surface area contributed by atoms with Gasteiger partial charge in [-0.15, -0.1) is 0 Å². The van der Waals surface area contributed by atoms with E-state index in [0.29, 0.717) is 12.8 Å². The Morgan fingerprint density at radius 1 is 0.450 bits per heavy atom. The van der Waals surface area contributed by atoms with E-state index in [-0.39, 0.29) is 18.9 Å². The predicted octanol–water partition coefficient (Wildman–Crippen LogP) is 5.87. The largest absolute Gasteiger partial charge is 0.394 e. The van der Waals surface area contributed by atoms with Crippen molar-refractivity contribution in [1.82, 2.24) is 5.32 Å². The van der Waals surface area contributed by atoms with Crippen molar-refractivity contribution in [3.63, 3.8) is 0 Å². The maximum Gasteiger partial charge on any atom is 0.220 e. The molecule has 0 bridgehead atoms. The Morgan fingerprint density at radius 3 is 1.35 bits per heavy atom. The molecule has 0 aromatic carbocycles. The average molecular weight is 1140 g/mol. The molecule has 0 aromatic heterocycles. The summed E-state index contributed by atoms with van der Waals surface area (Å²) in [7, 11) is 0. The molecule has 19 heteroatoms. The first-order valence-electron chi connectivity index (χ1n) is 30.9. The molecule has 0 saturated carbocycles. The zero-order valence-corrected chi connectivity index (χ0v) is 48.5. The van der Waals surface area contributed by atoms with Crippen LogP contribution in [0.25, 0.3) is 0 Å². The molecule has 466 valence electrons. The normalized spacial score (nSPS) is 30.3. The van der Waals surface area contributed by atoms with Crippen LogP contribution in [-0.4, -0.2) is 193 Å². The lowest BCUT2D eigenvalue weighted by Crippen LogP contribution is -2.66. The zero-order chi connectivity index (χ0) is 58.3. The predicted molar refractivity (Wildman–Crippen MR) is 305 cm³/mol. The third kappa shape index (κ3) is 27.6. The molecule has 17 atom stereocenters. The SMILES string of the molecule is CCCCC/C=C\C/C=C\CCCCCCCC(=O)NC(COC1OC(CO)C(OC2OC(CO)C(OC3OC(CO)C(O)C(O)C3O)C(O)C2O)C(O)C1O)C(O)/C=C/CC/C=C/CCCCCCCCCCCCCCCC. The fraction of sp³-hybridized carbons (Fsp3) is 0.852. The molecule has 3 fully saturated rings. The second-order valence-electron chi connectivity index (χ2n) is 22.2. The topological polar surface area (TPSA) is 307 Å². The number of carbonyl (C=O) groups is 1. The highest BCUT2D eigenvalue weighted by Gasteiger charge is 2.53. The highest BCUT2D eigenvalue weighted by Crippen LogP contribution is 2.33. The van der Waals surface area contributed by atoms with E-state index in [1.54, 1.807) is 6.08 Å². The van der Waals surface area contributed by atoms with Crippen molar-refractivity contribution >= 4 is 5.91 Å². The van der Waals surface area contributed by atoms with Crippen molar-refractivity contribution in [2.75, 3.05) is 26.4 Å². The summed E-state index contributed by atoms with van der Waals surface area (Å²) in [5.74, 6) is -0.301. The minimum atomic E-state index is -1.98. The average Bonchev–Trinajstić information content (AvgIpc) is 3.50. The molecule has 0 aliphatic carbocycles. The summed E-state index contributed by atoms with van der Waals surface area (Å²) in [4.78, 5) is 13.3. The van der Waals surface area contributed by atoms with E-state index < -0.39 is 124 Å². The van der Waals surface area contributed by atoms with Crippen LogP contribution >= 0.6 is 0 Å². The van der Waals surface area contributed by atoms with Crippen LogP contribution in [0.1, 0.15) is 200 Å². The molecule has 17 unspecified atom stereocenters. The first kappa shape index (κ1) is 72.0. The molecule has 3 aliphatic rings. The van der Waals surface area contributed by atoms with Gasteiger partial charge in [0.2, 0.25) is 5.91 Å². The number of amides is 1. The zero-order valence-electron chi connectivity index (χ0n) is 48.5. The third-order valence-electron chi connectivity index (χ3n) is 15.3. The second kappa shape index (κ2) is 44.3. The van der Waals surface area contributed by atoms with E-state index in [4.69, 9.17) is 28.4 Å². The molecule has 0 radical (unpaired) electrons. The number of rotatable bonds is 45. The summed E-state index contributed by atoms with van der Waals surface area (Å²) in [5.41, 5.74) is 0. The highest BCUT2D eigenvalue weighted by molar-refractivity contribution is 5.76. The van der Waals surface area contributed by atoms with Crippen molar-refractivity contribution in [2.24, 2.45) is 0 Å². The minimum absolute atomic E-state index is 0.218. The number of unbranched alkanes of at least 4 members (excludes halogenated alkanes) is 23. The molecule has 3 aliphatic heterocycles. The number of aliphatic hydroxyl groups is 11. The lowest BCUT2D eigenvalue weighted by Gasteiger charge is -2.48. The number of hydrogen-bond donors (Lipinski definition) is 12. The maximum atomic E-state index is 13.3. The molecule has 0 aromatic rings. The van der Waals surface area contributed by atoms with Gasteiger partial charge in [0.15, 0.2) is 18.9 Å². The summed E-state index contributed by atoms with van der Waals surface area (Å²) < 4.78 is 34.2. The van der Waals surface area contributed by atoms with Crippen molar-refractivity contribution in [3.05, 3.63) is 48.6 Å². The van der Waals surface area contributed by atoms with Gasteiger partial charge in [0.25, 0.3) is 0 Å². The number of aliphatic hydroxyl groups excluding tert-OH is 11. The van der Waals surface area contributed by atoms with Crippen LogP contribution in [0.5, 0.6) is 0 Å². The van der Waals surface area contributed by atoms with Gasteiger partial charge in [-0.2, -0.15) is 0 Å². The summed E-state index contributed by atoms with van der Waals surface area (Å²) in [5, 5.41) is 120. The number of hydrogen-bond acceptors (Lipinski definition) is 18. The smallest absolute Gasteiger partial charge is 0.220 e. The highest BCUT2D eigenvalue weighted by atomic mass is 16.8. The molecule has 3 saturated heterocycles. The molecule has 80 heavy (non-hydrogen) atoms. The van der Waals surface area contributed by atoms with E-state index in [9.17, 15) is 61.0 Å². The Labute approximate surface area is 478 Å². The maximum absolute atomic E-state index is 13.3. The fourth-order valence-electron chi connectivity index (χ4n) is 10.2. The van der Waals surface area contributed by atoms with E-state index in [2.05, 4.69) is 55.6 Å². The number of nitrogens with one attached hydrogen (secondary N) is 1. The van der Waals surface area contributed by atoms with Crippen molar-refractivity contribution in [3.8, 4) is 0 Å². The summed E-state index contributed by atoms with van der Waals surface area (Å²) in [6, 6.07) is -0.997. The molecule has 3 rings (SSSR count). The Morgan fingerprint density at radius 2 is 0.838 bits per heavy atom. The standard InChI is InChI=1S/C61H109NO18/c1-3-5-7-9-11-13-15-17-19-20-21-22-23-25-26-28-30-32-34-36-38-45(66)44(62-49(67)39-37-35-33-31-29-27-24-18-16-14-12-10-8-6-4-2)43-75-59-55(73)52(70)57(47(41-64)77-59)80-61-56(74)53(71)58(48(42-65)78-61)79-60-54(72)51(69)50(68)46(40-63)76-60/h12,14,18,24,28,30,36,38,44-48,50-61,63-66,68-74H,3-11,13,15-17,19-23,25-27,29,31-35,37,39-43H2,1-2H3,(H,62,67)/b14-12-,24-18-,30-28+,38-36+. The van der Waals surface area contributed by atoms with Gasteiger partial charge >= 0.3 is 0 Å². The molecule has 12 N–H and O–H groups in total. The summed E-state index contributed by atoms with van der Waals surface area (Å²) in [6.45, 7) is 1.66. The van der Waals surface area contributed by atoms with Gasteiger partial charge in [-0.1, -0.05) is 178 Å². The number of ether oxygens (including phenoxy) is 6. The molecular weight excluding hydrogens is 1030 g/mol. The van der Waals surface area contributed by atoms with Crippen LogP contribution in [0.15, 0.2) is 48.6 Å². The fourth-order valence-corrected chi connectivity index (χ4v) is 10.2. The molecule has 3 heterocycles. The Kier molecular flexibility index (Phi) is 39.8. The van der Waals surface area contributed by atoms with Crippen LogP contribution in [-0.2, 0) is 33.2 Å². The van der Waals surface area contributed by atoms with Crippen LogP contribution in [0.4, 0.5) is 0 Å². The lowest BCUT2D eigenvalue weighted by molar-refractivity contribution is -0.379. The molecular formula is C61H109NO18. The minimum Gasteiger partial charge on any atom is -0.394 e. The first-order chi connectivity index (χ1) is 38.8. The Balaban J connectivity index is 1.51. The van der Waals surface area contributed by atoms with Gasteiger partial charge in [-0.3, -0.25) is 4.79 Å². The summed E-state index contributed by atoms with van der Waals surface area (Å²) >= 11 is 0. The monoisotopic (exact) mass is 1140 g/mol. The van der Waals surface area contributed by atoms with E-state index in [0.717, 1.165) is 64.2 Å². The quantitative estimate of drug-likeness (QED) is 0.0250. The van der Waals surface area contributed by atoms with Gasteiger partial charge in [0, 0.05) is 6.42 Å². The first-order valence-corrected chi connectivity index (χ1v) is 30.9. The lowest BCUT2D eigenvalue weighted by atomic mass is 9.96. The molecule has 19 nitrogen and oxygen atoms in total. The van der Waals surface area contributed by atoms with Crippen LogP contribution < -0.4 is 5.32 Å². The third-order valence-corrected chi connectivity index (χ3v) is 15.3. The van der Waals surface area contributed by atoms with Gasteiger partial charge < -0.3 is 89.9 Å². The van der Waals surface area contributed by atoms with Crippen molar-refractivity contribution in [2.45, 2.75) is 304 Å². The Bertz CT molecular complexity index is 1650. The van der Waals surface area contributed by atoms with Crippen molar-refractivity contribution < 1.29 is 89.4 Å². The van der Waals surface area contributed by atoms with Gasteiger partial charge in [0.1, 0.15) is 73.2 Å². The molecule has 1 amide bonds. The van der Waals surface area contributed by atoms with Gasteiger partial charge in [0.05, 0.1) is 38.6 Å². The molecule has 0 spiro atoms.